The average molecular weight is 364 g/mol. The molecule has 3 rings (SSSR count). The first-order valence-electron chi connectivity index (χ1n) is 8.57. The van der Waals surface area contributed by atoms with Crippen molar-refractivity contribution < 1.29 is 19.0 Å². The lowest BCUT2D eigenvalue weighted by Gasteiger charge is -2.21. The number of carbonyl (C=O) groups excluding carboxylic acids is 1. The van der Waals surface area contributed by atoms with Crippen molar-refractivity contribution in [3.05, 3.63) is 59.2 Å². The lowest BCUT2D eigenvalue weighted by molar-refractivity contribution is -0.117. The number of methoxy groups -OCH3 is 1. The van der Waals surface area contributed by atoms with Crippen LogP contribution in [0.1, 0.15) is 24.1 Å². The largest absolute Gasteiger partial charge is 0.493 e. The fourth-order valence-electron chi connectivity index (χ4n) is 2.79. The molecule has 1 heterocycles. The fraction of sp³-hybridized carbons (Fsp3) is 0.238. The standard InChI is InChI=1S/C21H20N2O4/c1-14(16-6-4-3-5-7-16)23-21(24)17(13-22)10-15-11-18(25-2)20-19(12-15)26-8-9-27-20/h3-7,10-12,14H,8-9H2,1-2H3,(H,23,24)/b17-10+/t14-/m1/s1. The number of nitrogens with one attached hydrogen (secondary N) is 1. The van der Waals surface area contributed by atoms with Gasteiger partial charge in [-0.1, -0.05) is 30.3 Å². The molecule has 1 N–H and O–H groups in total. The van der Waals surface area contributed by atoms with Crippen LogP contribution in [0.5, 0.6) is 17.2 Å². The summed E-state index contributed by atoms with van der Waals surface area (Å²) in [6.45, 7) is 2.75. The second-order valence-corrected chi connectivity index (χ2v) is 6.02. The van der Waals surface area contributed by atoms with Gasteiger partial charge in [0.25, 0.3) is 5.91 Å². The van der Waals surface area contributed by atoms with Crippen LogP contribution in [0.25, 0.3) is 6.08 Å². The summed E-state index contributed by atoms with van der Waals surface area (Å²) in [5, 5.41) is 12.3. The Morgan fingerprint density at radius 1 is 1.26 bits per heavy atom. The van der Waals surface area contributed by atoms with E-state index in [1.54, 1.807) is 12.1 Å². The van der Waals surface area contributed by atoms with Gasteiger partial charge in [0.2, 0.25) is 5.75 Å². The summed E-state index contributed by atoms with van der Waals surface area (Å²) in [4.78, 5) is 12.5. The van der Waals surface area contributed by atoms with E-state index in [9.17, 15) is 10.1 Å². The van der Waals surface area contributed by atoms with Crippen LogP contribution in [0.2, 0.25) is 0 Å². The SMILES string of the molecule is COc1cc(/C=C(\C#N)C(=O)N[C@H](C)c2ccccc2)cc2c1OCCO2. The molecule has 1 atom stereocenters. The number of amides is 1. The number of nitriles is 1. The minimum atomic E-state index is -0.442. The van der Waals surface area contributed by atoms with Gasteiger partial charge >= 0.3 is 0 Å². The van der Waals surface area contributed by atoms with Crippen LogP contribution >= 0.6 is 0 Å². The van der Waals surface area contributed by atoms with E-state index in [0.717, 1.165) is 5.56 Å². The van der Waals surface area contributed by atoms with Gasteiger partial charge in [-0.3, -0.25) is 4.79 Å². The van der Waals surface area contributed by atoms with Crippen LogP contribution in [0.15, 0.2) is 48.0 Å². The number of hydrogen-bond donors (Lipinski definition) is 1. The normalized spacial score (nSPS) is 14.0. The maximum absolute atomic E-state index is 12.5. The second kappa shape index (κ2) is 8.28. The van der Waals surface area contributed by atoms with E-state index < -0.39 is 5.91 Å². The molecular weight excluding hydrogens is 344 g/mol. The van der Waals surface area contributed by atoms with Crippen LogP contribution in [0, 0.1) is 11.3 Å². The molecule has 0 radical (unpaired) electrons. The van der Waals surface area contributed by atoms with Crippen LogP contribution in [-0.2, 0) is 4.79 Å². The third kappa shape index (κ3) is 4.21. The topological polar surface area (TPSA) is 80.6 Å². The molecule has 0 unspecified atom stereocenters. The van der Waals surface area contributed by atoms with Crippen molar-refractivity contribution in [2.45, 2.75) is 13.0 Å². The predicted octanol–water partition coefficient (Wildman–Crippen LogP) is 3.25. The molecule has 138 valence electrons. The number of rotatable bonds is 5. The molecule has 0 spiro atoms. The summed E-state index contributed by atoms with van der Waals surface area (Å²) < 4.78 is 16.5. The van der Waals surface area contributed by atoms with Crippen molar-refractivity contribution in [3.8, 4) is 23.3 Å². The maximum Gasteiger partial charge on any atom is 0.262 e. The quantitative estimate of drug-likeness (QED) is 0.651. The summed E-state index contributed by atoms with van der Waals surface area (Å²) in [5.41, 5.74) is 1.58. The number of nitrogens with zero attached hydrogens (tertiary/aromatic N) is 1. The van der Waals surface area contributed by atoms with E-state index in [0.29, 0.717) is 36.0 Å². The van der Waals surface area contributed by atoms with Gasteiger partial charge in [-0.15, -0.1) is 0 Å². The average Bonchev–Trinajstić information content (AvgIpc) is 2.71. The van der Waals surface area contributed by atoms with Crippen molar-refractivity contribution in [1.82, 2.24) is 5.32 Å². The summed E-state index contributed by atoms with van der Waals surface area (Å²) in [6, 6.07) is 14.7. The zero-order chi connectivity index (χ0) is 19.2. The lowest BCUT2D eigenvalue weighted by Crippen LogP contribution is -2.27. The Kier molecular flexibility index (Phi) is 5.62. The van der Waals surface area contributed by atoms with Crippen molar-refractivity contribution in [2.24, 2.45) is 0 Å². The molecule has 6 heteroatoms. The van der Waals surface area contributed by atoms with Gasteiger partial charge in [-0.2, -0.15) is 5.26 Å². The first-order chi connectivity index (χ1) is 13.1. The molecule has 2 aromatic carbocycles. The Morgan fingerprint density at radius 3 is 2.70 bits per heavy atom. The van der Waals surface area contributed by atoms with Crippen molar-refractivity contribution in [3.63, 3.8) is 0 Å². The van der Waals surface area contributed by atoms with E-state index in [-0.39, 0.29) is 11.6 Å². The zero-order valence-electron chi connectivity index (χ0n) is 15.2. The number of fused-ring (bicyclic) bond motifs is 1. The molecule has 1 aliphatic rings. The molecule has 0 aromatic heterocycles. The van der Waals surface area contributed by atoms with Gasteiger partial charge in [-0.25, -0.2) is 0 Å². The summed E-state index contributed by atoms with van der Waals surface area (Å²) in [5.74, 6) is 1.11. The summed E-state index contributed by atoms with van der Waals surface area (Å²) in [7, 11) is 1.53. The van der Waals surface area contributed by atoms with Gasteiger partial charge < -0.3 is 19.5 Å². The third-order valence-electron chi connectivity index (χ3n) is 4.17. The number of ether oxygens (including phenoxy) is 3. The van der Waals surface area contributed by atoms with Gasteiger partial charge in [-0.05, 0) is 36.3 Å². The fourth-order valence-corrected chi connectivity index (χ4v) is 2.79. The minimum Gasteiger partial charge on any atom is -0.493 e. The smallest absolute Gasteiger partial charge is 0.262 e. The molecule has 1 aliphatic heterocycles. The van der Waals surface area contributed by atoms with Gasteiger partial charge in [0.1, 0.15) is 24.9 Å². The molecule has 6 nitrogen and oxygen atoms in total. The number of carbonyl (C=O) groups is 1. The summed E-state index contributed by atoms with van der Waals surface area (Å²) in [6.07, 6.45) is 1.51. The lowest BCUT2D eigenvalue weighted by atomic mass is 10.1. The molecule has 0 aliphatic carbocycles. The molecular formula is C21H20N2O4. The van der Waals surface area contributed by atoms with Gasteiger partial charge in [0, 0.05) is 0 Å². The predicted molar refractivity (Wildman–Crippen MR) is 101 cm³/mol. The van der Waals surface area contributed by atoms with Crippen LogP contribution in [0.3, 0.4) is 0 Å². The Labute approximate surface area is 158 Å². The molecule has 27 heavy (non-hydrogen) atoms. The molecule has 2 aromatic rings. The third-order valence-corrected chi connectivity index (χ3v) is 4.17. The van der Waals surface area contributed by atoms with Gasteiger partial charge in [0.15, 0.2) is 11.5 Å². The maximum atomic E-state index is 12.5. The van der Waals surface area contributed by atoms with E-state index in [1.165, 1.54) is 13.2 Å². The Morgan fingerprint density at radius 2 is 2.00 bits per heavy atom. The highest BCUT2D eigenvalue weighted by Crippen LogP contribution is 2.40. The zero-order valence-corrected chi connectivity index (χ0v) is 15.2. The molecule has 0 saturated carbocycles. The first kappa shape index (κ1) is 18.3. The monoisotopic (exact) mass is 364 g/mol. The van der Waals surface area contributed by atoms with Crippen LogP contribution < -0.4 is 19.5 Å². The highest BCUT2D eigenvalue weighted by atomic mass is 16.6. The van der Waals surface area contributed by atoms with Crippen molar-refractivity contribution in [1.29, 1.82) is 5.26 Å². The van der Waals surface area contributed by atoms with Crippen LogP contribution in [-0.4, -0.2) is 26.2 Å². The minimum absolute atomic E-state index is 0.00323. The van der Waals surface area contributed by atoms with Crippen molar-refractivity contribution in [2.75, 3.05) is 20.3 Å². The Balaban J connectivity index is 1.84. The second-order valence-electron chi connectivity index (χ2n) is 6.02. The highest BCUT2D eigenvalue weighted by molar-refractivity contribution is 6.02. The number of benzene rings is 2. The van der Waals surface area contributed by atoms with E-state index in [1.807, 2.05) is 43.3 Å². The molecule has 1 amide bonds. The van der Waals surface area contributed by atoms with E-state index in [4.69, 9.17) is 14.2 Å². The first-order valence-corrected chi connectivity index (χ1v) is 8.57. The molecule has 0 saturated heterocycles. The molecule has 0 bridgehead atoms. The van der Waals surface area contributed by atoms with E-state index in [2.05, 4.69) is 5.32 Å². The van der Waals surface area contributed by atoms with Crippen LogP contribution in [0.4, 0.5) is 0 Å². The Bertz CT molecular complexity index is 883. The highest BCUT2D eigenvalue weighted by Gasteiger charge is 2.19. The van der Waals surface area contributed by atoms with Gasteiger partial charge in [0.05, 0.1) is 13.2 Å². The Hall–Kier alpha value is -3.46. The van der Waals surface area contributed by atoms with E-state index >= 15 is 0 Å². The van der Waals surface area contributed by atoms with Crippen molar-refractivity contribution >= 4 is 12.0 Å². The molecule has 0 fully saturated rings. The summed E-state index contributed by atoms with van der Waals surface area (Å²) >= 11 is 0. The number of hydrogen-bond acceptors (Lipinski definition) is 5.